The Morgan fingerprint density at radius 3 is 2.14 bits per heavy atom. The van der Waals surface area contributed by atoms with Crippen LogP contribution in [0, 0.1) is 5.82 Å². The van der Waals surface area contributed by atoms with E-state index >= 15 is 0 Å². The van der Waals surface area contributed by atoms with E-state index in [9.17, 15) is 14.0 Å². The lowest BCUT2D eigenvalue weighted by molar-refractivity contribution is -0.128. The molecule has 2 aliphatic heterocycles. The molecule has 4 rings (SSSR count). The van der Waals surface area contributed by atoms with Crippen molar-refractivity contribution in [3.8, 4) is 0 Å². The van der Waals surface area contributed by atoms with Crippen LogP contribution >= 0.6 is 11.6 Å². The highest BCUT2D eigenvalue weighted by molar-refractivity contribution is 6.30. The molecule has 2 aliphatic rings. The number of rotatable bonds is 4. The molecule has 0 bridgehead atoms. The molecule has 2 aromatic carbocycles. The monoisotopic (exact) mass is 416 g/mol. The van der Waals surface area contributed by atoms with Crippen LogP contribution in [0.1, 0.15) is 6.92 Å². The molecule has 0 spiro atoms. The summed E-state index contributed by atoms with van der Waals surface area (Å²) in [4.78, 5) is 32.7. The van der Waals surface area contributed by atoms with E-state index in [1.807, 2.05) is 0 Å². The fourth-order valence-corrected chi connectivity index (χ4v) is 3.92. The lowest BCUT2D eigenvalue weighted by atomic mass is 10.2. The molecule has 6 nitrogen and oxygen atoms in total. The summed E-state index contributed by atoms with van der Waals surface area (Å²) in [6.07, 6.45) is 0. The molecule has 152 valence electrons. The maximum atomic E-state index is 13.1. The van der Waals surface area contributed by atoms with E-state index < -0.39 is 6.04 Å². The molecule has 0 unspecified atom stereocenters. The van der Waals surface area contributed by atoms with Crippen LogP contribution < -0.4 is 9.80 Å². The number of amides is 3. The van der Waals surface area contributed by atoms with Crippen LogP contribution in [-0.2, 0) is 4.79 Å². The van der Waals surface area contributed by atoms with Gasteiger partial charge >= 0.3 is 6.03 Å². The van der Waals surface area contributed by atoms with E-state index in [-0.39, 0.29) is 24.4 Å². The molecule has 2 fully saturated rings. The Balaban J connectivity index is 1.39. The number of hydrogen-bond acceptors (Lipinski definition) is 4. The molecule has 0 radical (unpaired) electrons. The largest absolute Gasteiger partial charge is 0.369 e. The molecule has 0 aromatic heterocycles. The third kappa shape index (κ3) is 3.93. The van der Waals surface area contributed by atoms with Crippen molar-refractivity contribution < 1.29 is 14.0 Å². The van der Waals surface area contributed by atoms with Gasteiger partial charge in [-0.3, -0.25) is 14.6 Å². The quantitative estimate of drug-likeness (QED) is 0.716. The molecule has 1 atom stereocenters. The first kappa shape index (κ1) is 19.7. The van der Waals surface area contributed by atoms with Gasteiger partial charge in [0.15, 0.2) is 0 Å². The fraction of sp³-hybridized carbons (Fsp3) is 0.333. The number of hydrogen-bond donors (Lipinski definition) is 0. The second-order valence-electron chi connectivity index (χ2n) is 7.29. The molecule has 8 heteroatoms. The lowest BCUT2D eigenvalue weighted by Gasteiger charge is -2.37. The van der Waals surface area contributed by atoms with Gasteiger partial charge in [-0.2, -0.15) is 0 Å². The molecule has 29 heavy (non-hydrogen) atoms. The van der Waals surface area contributed by atoms with E-state index in [0.717, 1.165) is 18.8 Å². The van der Waals surface area contributed by atoms with E-state index in [2.05, 4.69) is 9.80 Å². The smallest absolute Gasteiger partial charge is 0.333 e. The number of carbonyl (C=O) groups excluding carboxylic acids is 2. The molecule has 2 heterocycles. The minimum absolute atomic E-state index is 0.203. The Morgan fingerprint density at radius 1 is 0.931 bits per heavy atom. The Kier molecular flexibility index (Phi) is 5.43. The molecule has 0 N–H and O–H groups in total. The van der Waals surface area contributed by atoms with Crippen molar-refractivity contribution in [1.82, 2.24) is 9.80 Å². The van der Waals surface area contributed by atoms with Crippen LogP contribution in [0.5, 0.6) is 0 Å². The van der Waals surface area contributed by atoms with Crippen LogP contribution in [-0.4, -0.2) is 60.6 Å². The summed E-state index contributed by atoms with van der Waals surface area (Å²) in [5.74, 6) is -0.455. The summed E-state index contributed by atoms with van der Waals surface area (Å²) < 4.78 is 13.1. The minimum Gasteiger partial charge on any atom is -0.369 e. The van der Waals surface area contributed by atoms with E-state index in [1.165, 1.54) is 21.9 Å². The standard InChI is InChI=1S/C21H22ClFN4O2/c1-15-20(28)26(21(29)27(15)19-6-2-16(22)3-7-19)14-24-10-12-25(13-11-24)18-8-4-17(23)5-9-18/h2-9,15H,10-14H2,1H3/t15-/m0/s1. The Morgan fingerprint density at radius 2 is 1.52 bits per heavy atom. The van der Waals surface area contributed by atoms with Crippen LogP contribution in [0.4, 0.5) is 20.6 Å². The van der Waals surface area contributed by atoms with Gasteiger partial charge in [0.25, 0.3) is 5.91 Å². The van der Waals surface area contributed by atoms with Gasteiger partial charge in [-0.15, -0.1) is 0 Å². The van der Waals surface area contributed by atoms with Crippen molar-refractivity contribution in [2.45, 2.75) is 13.0 Å². The number of halogens is 2. The van der Waals surface area contributed by atoms with Gasteiger partial charge in [0.1, 0.15) is 11.9 Å². The first-order valence-corrected chi connectivity index (χ1v) is 9.95. The van der Waals surface area contributed by atoms with Gasteiger partial charge in [0, 0.05) is 42.6 Å². The molecule has 3 amide bonds. The van der Waals surface area contributed by atoms with Gasteiger partial charge in [0.2, 0.25) is 0 Å². The zero-order valence-electron chi connectivity index (χ0n) is 16.1. The Bertz CT molecular complexity index is 898. The maximum absolute atomic E-state index is 13.1. The van der Waals surface area contributed by atoms with Gasteiger partial charge in [0.05, 0.1) is 6.67 Å². The number of piperazine rings is 1. The van der Waals surface area contributed by atoms with Gasteiger partial charge in [-0.25, -0.2) is 14.1 Å². The Hall–Kier alpha value is -2.64. The Labute approximate surface area is 174 Å². The van der Waals surface area contributed by atoms with E-state index in [1.54, 1.807) is 43.3 Å². The van der Waals surface area contributed by atoms with Crippen LogP contribution in [0.15, 0.2) is 48.5 Å². The number of nitrogens with zero attached hydrogens (tertiary/aromatic N) is 4. The number of benzene rings is 2. The van der Waals surface area contributed by atoms with Crippen molar-refractivity contribution in [2.24, 2.45) is 0 Å². The summed E-state index contributed by atoms with van der Waals surface area (Å²) in [5.41, 5.74) is 1.63. The zero-order valence-corrected chi connectivity index (χ0v) is 16.8. The van der Waals surface area contributed by atoms with E-state index in [0.29, 0.717) is 23.8 Å². The third-order valence-electron chi connectivity index (χ3n) is 5.46. The summed E-state index contributed by atoms with van der Waals surface area (Å²) >= 11 is 5.93. The highest BCUT2D eigenvalue weighted by atomic mass is 35.5. The molecular formula is C21H22ClFN4O2. The topological polar surface area (TPSA) is 47.1 Å². The second-order valence-corrected chi connectivity index (χ2v) is 7.73. The van der Waals surface area contributed by atoms with Gasteiger partial charge in [-0.05, 0) is 55.5 Å². The average Bonchev–Trinajstić information content (AvgIpc) is 2.93. The van der Waals surface area contributed by atoms with Gasteiger partial charge < -0.3 is 4.90 Å². The van der Waals surface area contributed by atoms with Crippen LogP contribution in [0.25, 0.3) is 0 Å². The predicted molar refractivity (Wildman–Crippen MR) is 111 cm³/mol. The normalized spacial score (nSPS) is 20.7. The average molecular weight is 417 g/mol. The molecule has 2 saturated heterocycles. The summed E-state index contributed by atoms with van der Waals surface area (Å²) in [6.45, 7) is 4.93. The summed E-state index contributed by atoms with van der Waals surface area (Å²) in [6, 6.07) is 12.5. The zero-order chi connectivity index (χ0) is 20.5. The number of anilines is 2. The molecule has 0 saturated carbocycles. The predicted octanol–water partition coefficient (Wildman–Crippen LogP) is 3.42. The minimum atomic E-state index is -0.552. The fourth-order valence-electron chi connectivity index (χ4n) is 3.79. The van der Waals surface area contributed by atoms with Gasteiger partial charge in [-0.1, -0.05) is 11.6 Å². The molecular weight excluding hydrogens is 395 g/mol. The highest BCUT2D eigenvalue weighted by Crippen LogP contribution is 2.27. The lowest BCUT2D eigenvalue weighted by Crippen LogP contribution is -2.51. The molecule has 0 aliphatic carbocycles. The summed E-state index contributed by atoms with van der Waals surface area (Å²) in [7, 11) is 0. The van der Waals surface area contributed by atoms with Crippen LogP contribution in [0.2, 0.25) is 5.02 Å². The van der Waals surface area contributed by atoms with Crippen molar-refractivity contribution >= 4 is 34.9 Å². The van der Waals surface area contributed by atoms with Crippen molar-refractivity contribution in [2.75, 3.05) is 42.6 Å². The number of urea groups is 1. The number of imide groups is 1. The van der Waals surface area contributed by atoms with Crippen molar-refractivity contribution in [3.05, 3.63) is 59.4 Å². The molecule has 2 aromatic rings. The summed E-state index contributed by atoms with van der Waals surface area (Å²) in [5, 5.41) is 0.579. The first-order chi connectivity index (χ1) is 13.9. The maximum Gasteiger partial charge on any atom is 0.333 e. The third-order valence-corrected chi connectivity index (χ3v) is 5.71. The SMILES string of the molecule is C[C@H]1C(=O)N(CN2CCN(c3ccc(F)cc3)CC2)C(=O)N1c1ccc(Cl)cc1. The first-order valence-electron chi connectivity index (χ1n) is 9.57. The van der Waals surface area contributed by atoms with Crippen LogP contribution in [0.3, 0.4) is 0 Å². The second kappa shape index (κ2) is 8.00. The number of carbonyl (C=O) groups is 2. The van der Waals surface area contributed by atoms with E-state index in [4.69, 9.17) is 11.6 Å². The highest BCUT2D eigenvalue weighted by Gasteiger charge is 2.44. The van der Waals surface area contributed by atoms with Crippen molar-refractivity contribution in [1.29, 1.82) is 0 Å². The van der Waals surface area contributed by atoms with Crippen molar-refractivity contribution in [3.63, 3.8) is 0 Å².